The Hall–Kier alpha value is -3.38. The molecule has 3 aromatic rings. The highest BCUT2D eigenvalue weighted by molar-refractivity contribution is 5.89. The quantitative estimate of drug-likeness (QED) is 0.566. The van der Waals surface area contributed by atoms with Gasteiger partial charge in [0.05, 0.1) is 5.56 Å². The third-order valence-corrected chi connectivity index (χ3v) is 6.71. The molecule has 6 heteroatoms. The Labute approximate surface area is 196 Å². The van der Waals surface area contributed by atoms with E-state index in [0.717, 1.165) is 30.6 Å². The summed E-state index contributed by atoms with van der Waals surface area (Å²) >= 11 is 0. The number of nitrogens with zero attached hydrogens (tertiary/aromatic N) is 4. The Kier molecular flexibility index (Phi) is 6.65. The largest absolute Gasteiger partial charge is 0.478 e. The monoisotopic (exact) mass is 444 g/mol. The average Bonchev–Trinajstić information content (AvgIpc) is 2.83. The van der Waals surface area contributed by atoms with Crippen molar-refractivity contribution < 1.29 is 9.90 Å². The van der Waals surface area contributed by atoms with Crippen molar-refractivity contribution in [3.05, 3.63) is 83.2 Å². The van der Waals surface area contributed by atoms with Gasteiger partial charge in [-0.25, -0.2) is 4.79 Å². The number of likely N-dealkylation sites (N-methyl/N-ethyl adjacent to an activating group) is 1. The highest BCUT2D eigenvalue weighted by Gasteiger charge is 2.25. The lowest BCUT2D eigenvalue weighted by atomic mass is 9.88. The molecule has 1 N–H and O–H groups in total. The van der Waals surface area contributed by atoms with Gasteiger partial charge < -0.3 is 14.9 Å². The van der Waals surface area contributed by atoms with Crippen molar-refractivity contribution >= 4 is 23.0 Å². The second-order valence-electron chi connectivity index (χ2n) is 8.98. The van der Waals surface area contributed by atoms with E-state index in [-0.39, 0.29) is 6.04 Å². The fourth-order valence-electron chi connectivity index (χ4n) is 4.66. The minimum Gasteiger partial charge on any atom is -0.478 e. The van der Waals surface area contributed by atoms with Crippen LogP contribution in [0.1, 0.15) is 39.5 Å². The maximum atomic E-state index is 11.6. The number of benzene rings is 2. The maximum absolute atomic E-state index is 11.6. The fraction of sp³-hybridized carbons (Fsp3) is 0.333. The Morgan fingerprint density at radius 1 is 1.06 bits per heavy atom. The van der Waals surface area contributed by atoms with E-state index >= 15 is 0 Å². The molecule has 0 radical (unpaired) electrons. The molecule has 33 heavy (non-hydrogen) atoms. The molecule has 6 nitrogen and oxygen atoms in total. The van der Waals surface area contributed by atoms with Crippen molar-refractivity contribution in [2.45, 2.75) is 25.3 Å². The van der Waals surface area contributed by atoms with Gasteiger partial charge in [0.1, 0.15) is 0 Å². The lowest BCUT2D eigenvalue weighted by Gasteiger charge is -2.35. The van der Waals surface area contributed by atoms with Gasteiger partial charge in [0.15, 0.2) is 0 Å². The van der Waals surface area contributed by atoms with Crippen molar-refractivity contribution in [1.82, 2.24) is 9.88 Å². The summed E-state index contributed by atoms with van der Waals surface area (Å²) in [6.07, 6.45) is 5.78. The Morgan fingerprint density at radius 3 is 2.45 bits per heavy atom. The van der Waals surface area contributed by atoms with Crippen molar-refractivity contribution in [3.63, 3.8) is 0 Å². The molecule has 0 saturated heterocycles. The highest BCUT2D eigenvalue weighted by atomic mass is 16.4. The SMILES string of the molecule is CN(C)c1ccc(N(C)c2ccc3c(c2)CCN(C)[C@@H]3CCc2cnccc2C(=O)O)cc1. The molecule has 1 aromatic heterocycles. The zero-order valence-corrected chi connectivity index (χ0v) is 19.8. The lowest BCUT2D eigenvalue weighted by Crippen LogP contribution is -2.32. The van der Waals surface area contributed by atoms with Crippen LogP contribution in [0.2, 0.25) is 0 Å². The van der Waals surface area contributed by atoms with E-state index in [0.29, 0.717) is 12.0 Å². The van der Waals surface area contributed by atoms with Gasteiger partial charge in [0, 0.05) is 63.2 Å². The Balaban J connectivity index is 1.54. The van der Waals surface area contributed by atoms with Crippen LogP contribution < -0.4 is 9.80 Å². The van der Waals surface area contributed by atoms with Crippen LogP contribution in [-0.4, -0.2) is 55.7 Å². The zero-order chi connectivity index (χ0) is 23.5. The second kappa shape index (κ2) is 9.63. The van der Waals surface area contributed by atoms with Crippen molar-refractivity contribution in [2.75, 3.05) is 44.5 Å². The first-order chi connectivity index (χ1) is 15.8. The van der Waals surface area contributed by atoms with Gasteiger partial charge in [-0.15, -0.1) is 0 Å². The lowest BCUT2D eigenvalue weighted by molar-refractivity contribution is 0.0695. The van der Waals surface area contributed by atoms with Crippen LogP contribution in [0, 0.1) is 0 Å². The minimum atomic E-state index is -0.893. The number of hydrogen-bond acceptors (Lipinski definition) is 5. The molecule has 0 amide bonds. The number of carbonyl (C=O) groups is 1. The van der Waals surface area contributed by atoms with Gasteiger partial charge in [-0.2, -0.15) is 0 Å². The van der Waals surface area contributed by atoms with E-state index in [1.54, 1.807) is 18.5 Å². The Bertz CT molecular complexity index is 1130. The van der Waals surface area contributed by atoms with Gasteiger partial charge in [-0.1, -0.05) is 6.07 Å². The first-order valence-corrected chi connectivity index (χ1v) is 11.4. The predicted octanol–water partition coefficient (Wildman–Crippen LogP) is 4.78. The maximum Gasteiger partial charge on any atom is 0.336 e. The van der Waals surface area contributed by atoms with Gasteiger partial charge in [-0.3, -0.25) is 9.88 Å². The molecule has 0 aliphatic carbocycles. The molecular formula is C27H32N4O2. The first-order valence-electron chi connectivity index (χ1n) is 11.4. The number of aromatic nitrogens is 1. The number of aryl methyl sites for hydroxylation is 1. The van der Waals surface area contributed by atoms with Gasteiger partial charge in [0.2, 0.25) is 0 Å². The van der Waals surface area contributed by atoms with Crippen LogP contribution in [0.3, 0.4) is 0 Å². The number of carboxylic acid groups (broad SMARTS) is 1. The van der Waals surface area contributed by atoms with Crippen LogP contribution in [0.4, 0.5) is 17.1 Å². The molecule has 0 bridgehead atoms. The molecular weight excluding hydrogens is 412 g/mol. The standard InChI is InChI=1S/C27H32N4O2/c1-29(2)21-6-8-22(9-7-21)31(4)23-10-11-24-19(17-23)14-16-30(3)26(24)12-5-20-18-28-15-13-25(20)27(32)33/h6-11,13,15,17-18,26H,5,12,14,16H2,1-4H3,(H,32,33)/t26-/m1/s1. The molecule has 1 aliphatic rings. The van der Waals surface area contributed by atoms with E-state index in [9.17, 15) is 9.90 Å². The summed E-state index contributed by atoms with van der Waals surface area (Å²) in [5.41, 5.74) is 7.37. The number of pyridine rings is 1. The van der Waals surface area contributed by atoms with E-state index in [4.69, 9.17) is 0 Å². The summed E-state index contributed by atoms with van der Waals surface area (Å²) < 4.78 is 0. The molecule has 2 aromatic carbocycles. The summed E-state index contributed by atoms with van der Waals surface area (Å²) in [6.45, 7) is 0.987. The average molecular weight is 445 g/mol. The number of fused-ring (bicyclic) bond motifs is 1. The first kappa shape index (κ1) is 22.8. The predicted molar refractivity (Wildman–Crippen MR) is 134 cm³/mol. The second-order valence-corrected chi connectivity index (χ2v) is 8.98. The summed E-state index contributed by atoms with van der Waals surface area (Å²) in [5.74, 6) is -0.893. The summed E-state index contributed by atoms with van der Waals surface area (Å²) in [6, 6.07) is 17.2. The normalized spacial score (nSPS) is 15.7. The number of rotatable bonds is 7. The molecule has 0 unspecified atom stereocenters. The van der Waals surface area contributed by atoms with Gasteiger partial charge in [-0.05, 0) is 85.5 Å². The topological polar surface area (TPSA) is 59.9 Å². The van der Waals surface area contributed by atoms with E-state index in [2.05, 4.69) is 76.2 Å². The molecule has 4 rings (SSSR count). The Morgan fingerprint density at radius 2 is 1.76 bits per heavy atom. The molecule has 0 fully saturated rings. The smallest absolute Gasteiger partial charge is 0.336 e. The molecule has 1 aliphatic heterocycles. The minimum absolute atomic E-state index is 0.259. The molecule has 172 valence electrons. The van der Waals surface area contributed by atoms with Crippen LogP contribution in [0.15, 0.2) is 60.9 Å². The van der Waals surface area contributed by atoms with E-state index < -0.39 is 5.97 Å². The van der Waals surface area contributed by atoms with E-state index in [1.807, 2.05) is 14.1 Å². The number of aromatic carboxylic acids is 1. The fourth-order valence-corrected chi connectivity index (χ4v) is 4.66. The number of anilines is 3. The van der Waals surface area contributed by atoms with Gasteiger partial charge >= 0.3 is 5.97 Å². The molecule has 0 spiro atoms. The number of hydrogen-bond donors (Lipinski definition) is 1. The van der Waals surface area contributed by atoms with Crippen molar-refractivity contribution in [2.24, 2.45) is 0 Å². The highest BCUT2D eigenvalue weighted by Crippen LogP contribution is 2.36. The molecule has 2 heterocycles. The van der Waals surface area contributed by atoms with E-state index in [1.165, 1.54) is 22.5 Å². The molecule has 0 saturated carbocycles. The third-order valence-electron chi connectivity index (χ3n) is 6.71. The molecule has 1 atom stereocenters. The van der Waals surface area contributed by atoms with Crippen LogP contribution >= 0.6 is 0 Å². The summed E-state index contributed by atoms with van der Waals surface area (Å²) in [5, 5.41) is 9.49. The van der Waals surface area contributed by atoms with Crippen molar-refractivity contribution in [1.29, 1.82) is 0 Å². The summed E-state index contributed by atoms with van der Waals surface area (Å²) in [4.78, 5) is 22.4. The number of carboxylic acids is 1. The zero-order valence-electron chi connectivity index (χ0n) is 19.8. The third kappa shape index (κ3) is 4.86. The van der Waals surface area contributed by atoms with Crippen LogP contribution in [0.25, 0.3) is 0 Å². The van der Waals surface area contributed by atoms with Crippen molar-refractivity contribution in [3.8, 4) is 0 Å². The summed E-state index contributed by atoms with van der Waals surface area (Å²) in [7, 11) is 8.36. The van der Waals surface area contributed by atoms with Gasteiger partial charge in [0.25, 0.3) is 0 Å². The van der Waals surface area contributed by atoms with Crippen LogP contribution in [-0.2, 0) is 12.8 Å². The van der Waals surface area contributed by atoms with Crippen LogP contribution in [0.5, 0.6) is 0 Å².